The van der Waals surface area contributed by atoms with Crippen LogP contribution in [0.2, 0.25) is 0 Å². The molecule has 0 bridgehead atoms. The largest absolute Gasteiger partial charge is 0.345 e. The second-order valence-electron chi connectivity index (χ2n) is 5.65. The van der Waals surface area contributed by atoms with Gasteiger partial charge in [-0.05, 0) is 34.7 Å². The Bertz CT molecular complexity index is 599. The van der Waals surface area contributed by atoms with E-state index in [0.717, 1.165) is 22.9 Å². The molecule has 0 saturated heterocycles. The van der Waals surface area contributed by atoms with E-state index in [4.69, 9.17) is 0 Å². The zero-order valence-electron chi connectivity index (χ0n) is 12.1. The Morgan fingerprint density at radius 2 is 1.68 bits per heavy atom. The average Bonchev–Trinajstić information content (AvgIpc) is 2.36. The standard InChI is InChI=1S/C17H21NO/c1-12(2)9-15-10-13-7-5-6-8-14(13)11-16(15)17(19)18(3)4/h5-8,10-12H,9H2,1-4H3. The molecule has 0 N–H and O–H groups in total. The molecule has 1 amide bonds. The number of fused-ring (bicyclic) bond motifs is 1. The number of carbonyl (C=O) groups is 1. The molecule has 0 heterocycles. The van der Waals surface area contributed by atoms with Gasteiger partial charge in [-0.2, -0.15) is 0 Å². The second kappa shape index (κ2) is 5.43. The lowest BCUT2D eigenvalue weighted by Crippen LogP contribution is -2.23. The van der Waals surface area contributed by atoms with E-state index in [9.17, 15) is 4.79 Å². The Kier molecular flexibility index (Phi) is 3.89. The van der Waals surface area contributed by atoms with Crippen molar-refractivity contribution in [1.29, 1.82) is 0 Å². The summed E-state index contributed by atoms with van der Waals surface area (Å²) < 4.78 is 0. The van der Waals surface area contributed by atoms with Crippen LogP contribution in [0.15, 0.2) is 36.4 Å². The Morgan fingerprint density at radius 1 is 1.11 bits per heavy atom. The second-order valence-corrected chi connectivity index (χ2v) is 5.65. The molecular formula is C17H21NO. The molecule has 0 aromatic heterocycles. The summed E-state index contributed by atoms with van der Waals surface area (Å²) in [5.41, 5.74) is 1.98. The highest BCUT2D eigenvalue weighted by atomic mass is 16.2. The predicted molar refractivity (Wildman–Crippen MR) is 80.5 cm³/mol. The normalized spacial score (nSPS) is 11.0. The molecule has 100 valence electrons. The first-order valence-corrected chi connectivity index (χ1v) is 6.72. The fraction of sp³-hybridized carbons (Fsp3) is 0.353. The van der Waals surface area contributed by atoms with Crippen LogP contribution in [-0.2, 0) is 6.42 Å². The SMILES string of the molecule is CC(C)Cc1cc2ccccc2cc1C(=O)N(C)C. The van der Waals surface area contributed by atoms with E-state index >= 15 is 0 Å². The third kappa shape index (κ3) is 2.95. The summed E-state index contributed by atoms with van der Waals surface area (Å²) in [7, 11) is 3.60. The summed E-state index contributed by atoms with van der Waals surface area (Å²) in [5, 5.41) is 2.33. The van der Waals surface area contributed by atoms with Crippen LogP contribution in [0.3, 0.4) is 0 Å². The summed E-state index contributed by atoms with van der Waals surface area (Å²) in [6.45, 7) is 4.36. The molecule has 2 aromatic rings. The van der Waals surface area contributed by atoms with Crippen molar-refractivity contribution in [3.63, 3.8) is 0 Å². The van der Waals surface area contributed by atoms with E-state index in [1.165, 1.54) is 5.39 Å². The minimum Gasteiger partial charge on any atom is -0.345 e. The van der Waals surface area contributed by atoms with Crippen molar-refractivity contribution >= 4 is 16.7 Å². The fourth-order valence-electron chi connectivity index (χ4n) is 2.34. The molecule has 0 saturated carbocycles. The molecule has 0 spiro atoms. The number of carbonyl (C=O) groups excluding carboxylic acids is 1. The van der Waals surface area contributed by atoms with Crippen LogP contribution >= 0.6 is 0 Å². The van der Waals surface area contributed by atoms with Crippen molar-refractivity contribution in [3.8, 4) is 0 Å². The Labute approximate surface area is 115 Å². The Morgan fingerprint density at radius 3 is 2.21 bits per heavy atom. The number of nitrogens with zero attached hydrogens (tertiary/aromatic N) is 1. The van der Waals surface area contributed by atoms with Gasteiger partial charge in [0.15, 0.2) is 0 Å². The maximum absolute atomic E-state index is 12.3. The van der Waals surface area contributed by atoms with Crippen molar-refractivity contribution < 1.29 is 4.79 Å². The van der Waals surface area contributed by atoms with Crippen molar-refractivity contribution in [3.05, 3.63) is 47.5 Å². The summed E-state index contributed by atoms with van der Waals surface area (Å²) >= 11 is 0. The van der Waals surface area contributed by atoms with E-state index in [-0.39, 0.29) is 5.91 Å². The number of hydrogen-bond donors (Lipinski definition) is 0. The molecule has 0 aliphatic heterocycles. The first-order chi connectivity index (χ1) is 8.99. The number of hydrogen-bond acceptors (Lipinski definition) is 1. The van der Waals surface area contributed by atoms with Gasteiger partial charge in [0.1, 0.15) is 0 Å². The van der Waals surface area contributed by atoms with E-state index in [1.807, 2.05) is 18.2 Å². The summed E-state index contributed by atoms with van der Waals surface area (Å²) in [4.78, 5) is 14.0. The van der Waals surface area contributed by atoms with Gasteiger partial charge in [0.2, 0.25) is 0 Å². The number of amides is 1. The topological polar surface area (TPSA) is 20.3 Å². The number of rotatable bonds is 3. The molecule has 0 unspecified atom stereocenters. The predicted octanol–water partition coefficient (Wildman–Crippen LogP) is 3.74. The molecule has 19 heavy (non-hydrogen) atoms. The van der Waals surface area contributed by atoms with Crippen LogP contribution in [0.1, 0.15) is 29.8 Å². The molecule has 0 radical (unpaired) electrons. The van der Waals surface area contributed by atoms with Gasteiger partial charge in [-0.1, -0.05) is 44.2 Å². The maximum atomic E-state index is 12.3. The van der Waals surface area contributed by atoms with Gasteiger partial charge in [0.05, 0.1) is 0 Å². The lowest BCUT2D eigenvalue weighted by atomic mass is 9.94. The summed E-state index contributed by atoms with van der Waals surface area (Å²) in [6.07, 6.45) is 0.930. The highest BCUT2D eigenvalue weighted by Crippen LogP contribution is 2.23. The maximum Gasteiger partial charge on any atom is 0.253 e. The molecule has 2 rings (SSSR count). The molecule has 0 aliphatic carbocycles. The smallest absolute Gasteiger partial charge is 0.253 e. The van der Waals surface area contributed by atoms with E-state index in [1.54, 1.807) is 19.0 Å². The average molecular weight is 255 g/mol. The minimum atomic E-state index is 0.0846. The van der Waals surface area contributed by atoms with Crippen LogP contribution in [0, 0.1) is 5.92 Å². The lowest BCUT2D eigenvalue weighted by Gasteiger charge is -2.16. The molecule has 0 atom stereocenters. The van der Waals surface area contributed by atoms with Gasteiger partial charge in [-0.25, -0.2) is 0 Å². The quantitative estimate of drug-likeness (QED) is 0.818. The third-order valence-corrected chi connectivity index (χ3v) is 3.24. The van der Waals surface area contributed by atoms with Crippen LogP contribution in [0.5, 0.6) is 0 Å². The molecule has 0 fully saturated rings. The monoisotopic (exact) mass is 255 g/mol. The van der Waals surface area contributed by atoms with Crippen molar-refractivity contribution in [2.75, 3.05) is 14.1 Å². The first-order valence-electron chi connectivity index (χ1n) is 6.72. The van der Waals surface area contributed by atoms with Gasteiger partial charge >= 0.3 is 0 Å². The zero-order valence-corrected chi connectivity index (χ0v) is 12.1. The zero-order chi connectivity index (χ0) is 14.0. The fourth-order valence-corrected chi connectivity index (χ4v) is 2.34. The molecule has 2 heteroatoms. The summed E-state index contributed by atoms with van der Waals surface area (Å²) in [5.74, 6) is 0.622. The van der Waals surface area contributed by atoms with Gasteiger partial charge in [0, 0.05) is 19.7 Å². The Hall–Kier alpha value is -1.83. The third-order valence-electron chi connectivity index (χ3n) is 3.24. The van der Waals surface area contributed by atoms with Gasteiger partial charge in [-0.15, -0.1) is 0 Å². The van der Waals surface area contributed by atoms with Gasteiger partial charge < -0.3 is 4.90 Å². The molecular weight excluding hydrogens is 234 g/mol. The van der Waals surface area contributed by atoms with E-state index in [2.05, 4.69) is 32.0 Å². The Balaban J connectivity index is 2.60. The van der Waals surface area contributed by atoms with Crippen LogP contribution in [-0.4, -0.2) is 24.9 Å². The number of benzene rings is 2. The van der Waals surface area contributed by atoms with E-state index < -0.39 is 0 Å². The minimum absolute atomic E-state index is 0.0846. The summed E-state index contributed by atoms with van der Waals surface area (Å²) in [6, 6.07) is 12.4. The lowest BCUT2D eigenvalue weighted by molar-refractivity contribution is 0.0826. The van der Waals surface area contributed by atoms with Crippen LogP contribution in [0.4, 0.5) is 0 Å². The molecule has 2 nitrogen and oxygen atoms in total. The van der Waals surface area contributed by atoms with Crippen LogP contribution < -0.4 is 0 Å². The highest BCUT2D eigenvalue weighted by molar-refractivity contribution is 6.00. The van der Waals surface area contributed by atoms with Crippen LogP contribution in [0.25, 0.3) is 10.8 Å². The van der Waals surface area contributed by atoms with Crippen molar-refractivity contribution in [1.82, 2.24) is 4.90 Å². The first kappa shape index (κ1) is 13.6. The van der Waals surface area contributed by atoms with Gasteiger partial charge in [0.25, 0.3) is 5.91 Å². The molecule has 2 aromatic carbocycles. The van der Waals surface area contributed by atoms with Crippen molar-refractivity contribution in [2.24, 2.45) is 5.92 Å². The van der Waals surface area contributed by atoms with E-state index in [0.29, 0.717) is 5.92 Å². The van der Waals surface area contributed by atoms with Crippen molar-refractivity contribution in [2.45, 2.75) is 20.3 Å². The van der Waals surface area contributed by atoms with Gasteiger partial charge in [-0.3, -0.25) is 4.79 Å². The highest BCUT2D eigenvalue weighted by Gasteiger charge is 2.15. The molecule has 0 aliphatic rings.